The summed E-state index contributed by atoms with van der Waals surface area (Å²) in [6.45, 7) is 7.42. The standard InChI is InChI=1S/C12H18N4O2S3/c1-4-10-14-15-12(20-10)16-21(17,18)11-6-8(3)9(19-11)7-13-5-2/h6,13H,4-5,7H2,1-3H3,(H,15,16). The van der Waals surface area contributed by atoms with Gasteiger partial charge in [-0.05, 0) is 31.5 Å². The third-order valence-corrected chi connectivity index (χ3v) is 6.95. The minimum absolute atomic E-state index is 0.307. The van der Waals surface area contributed by atoms with Crippen molar-refractivity contribution in [2.45, 2.75) is 37.9 Å². The lowest BCUT2D eigenvalue weighted by atomic mass is 10.3. The Bertz CT molecular complexity index is 706. The third kappa shape index (κ3) is 4.00. The van der Waals surface area contributed by atoms with E-state index in [0.29, 0.717) is 15.9 Å². The van der Waals surface area contributed by atoms with E-state index in [-0.39, 0.29) is 0 Å². The molecule has 0 fully saturated rings. The van der Waals surface area contributed by atoms with Crippen molar-refractivity contribution in [3.05, 3.63) is 21.5 Å². The number of aryl methyl sites for hydroxylation is 2. The monoisotopic (exact) mass is 346 g/mol. The Hall–Kier alpha value is -1.03. The second-order valence-electron chi connectivity index (χ2n) is 4.41. The Kier molecular flexibility index (Phi) is 5.31. The lowest BCUT2D eigenvalue weighted by Gasteiger charge is -2.01. The Labute approximate surface area is 132 Å². The lowest BCUT2D eigenvalue weighted by Crippen LogP contribution is -2.11. The molecule has 2 N–H and O–H groups in total. The van der Waals surface area contributed by atoms with Crippen LogP contribution in [0.1, 0.15) is 29.3 Å². The predicted molar refractivity (Wildman–Crippen MR) is 86.5 cm³/mol. The Morgan fingerprint density at radius 2 is 2.00 bits per heavy atom. The first-order valence-corrected chi connectivity index (χ1v) is 9.73. The van der Waals surface area contributed by atoms with E-state index in [1.54, 1.807) is 6.07 Å². The fourth-order valence-electron chi connectivity index (χ4n) is 1.64. The molecule has 0 radical (unpaired) electrons. The van der Waals surface area contributed by atoms with Crippen LogP contribution in [0.2, 0.25) is 0 Å². The molecule has 0 bridgehead atoms. The molecule has 0 unspecified atom stereocenters. The Morgan fingerprint density at radius 1 is 1.24 bits per heavy atom. The van der Waals surface area contributed by atoms with Gasteiger partial charge < -0.3 is 5.32 Å². The number of hydrogen-bond donors (Lipinski definition) is 2. The van der Waals surface area contributed by atoms with Gasteiger partial charge in [0.15, 0.2) is 0 Å². The first kappa shape index (κ1) is 16.3. The first-order valence-electron chi connectivity index (χ1n) is 6.61. The van der Waals surface area contributed by atoms with Crippen LogP contribution >= 0.6 is 22.7 Å². The van der Waals surface area contributed by atoms with Crippen molar-refractivity contribution < 1.29 is 8.42 Å². The van der Waals surface area contributed by atoms with Crippen LogP contribution in [0.15, 0.2) is 10.3 Å². The Morgan fingerprint density at radius 3 is 2.62 bits per heavy atom. The number of sulfonamides is 1. The molecule has 0 atom stereocenters. The summed E-state index contributed by atoms with van der Waals surface area (Å²) < 4.78 is 27.5. The highest BCUT2D eigenvalue weighted by Gasteiger charge is 2.20. The van der Waals surface area contributed by atoms with E-state index in [4.69, 9.17) is 0 Å². The molecule has 9 heteroatoms. The molecule has 0 amide bonds. The average Bonchev–Trinajstić information content (AvgIpc) is 3.03. The summed E-state index contributed by atoms with van der Waals surface area (Å²) in [7, 11) is -3.59. The molecule has 0 saturated heterocycles. The number of anilines is 1. The molecule has 2 rings (SSSR count). The van der Waals surface area contributed by atoms with Gasteiger partial charge >= 0.3 is 0 Å². The summed E-state index contributed by atoms with van der Waals surface area (Å²) in [5, 5.41) is 12.1. The smallest absolute Gasteiger partial charge is 0.273 e. The van der Waals surface area contributed by atoms with Crippen LogP contribution in [0.5, 0.6) is 0 Å². The number of rotatable bonds is 7. The van der Waals surface area contributed by atoms with E-state index in [9.17, 15) is 8.42 Å². The molecule has 0 aliphatic carbocycles. The highest BCUT2D eigenvalue weighted by Crippen LogP contribution is 2.28. The van der Waals surface area contributed by atoms with Gasteiger partial charge in [0.1, 0.15) is 9.22 Å². The molecule has 0 aromatic carbocycles. The minimum atomic E-state index is -3.59. The molecule has 0 spiro atoms. The van der Waals surface area contributed by atoms with Gasteiger partial charge in [-0.3, -0.25) is 4.72 Å². The zero-order chi connectivity index (χ0) is 15.5. The first-order chi connectivity index (χ1) is 9.96. The van der Waals surface area contributed by atoms with Crippen molar-refractivity contribution in [3.8, 4) is 0 Å². The number of aromatic nitrogens is 2. The van der Waals surface area contributed by atoms with E-state index >= 15 is 0 Å². The van der Waals surface area contributed by atoms with Crippen LogP contribution in [0.3, 0.4) is 0 Å². The second kappa shape index (κ2) is 6.82. The second-order valence-corrected chi connectivity index (χ2v) is 8.52. The number of thiophene rings is 1. The molecule has 0 aliphatic rings. The van der Waals surface area contributed by atoms with Gasteiger partial charge in [-0.25, -0.2) is 8.42 Å². The topological polar surface area (TPSA) is 84.0 Å². The van der Waals surface area contributed by atoms with Crippen molar-refractivity contribution in [2.24, 2.45) is 0 Å². The summed E-state index contributed by atoms with van der Waals surface area (Å²) in [5.41, 5.74) is 0.979. The van der Waals surface area contributed by atoms with Crippen molar-refractivity contribution in [1.29, 1.82) is 0 Å². The fraction of sp³-hybridized carbons (Fsp3) is 0.500. The highest BCUT2D eigenvalue weighted by molar-refractivity contribution is 7.94. The average molecular weight is 347 g/mol. The number of hydrogen-bond acceptors (Lipinski definition) is 7. The SMILES string of the molecule is CCNCc1sc(S(=O)(=O)Nc2nnc(CC)s2)cc1C. The zero-order valence-electron chi connectivity index (χ0n) is 12.1. The van der Waals surface area contributed by atoms with Gasteiger partial charge in [0.2, 0.25) is 5.13 Å². The molecule has 0 aliphatic heterocycles. The van der Waals surface area contributed by atoms with Gasteiger partial charge in [-0.2, -0.15) is 0 Å². The maximum atomic E-state index is 12.4. The van der Waals surface area contributed by atoms with Crippen LogP contribution in [0.4, 0.5) is 5.13 Å². The van der Waals surface area contributed by atoms with Crippen LogP contribution < -0.4 is 10.0 Å². The van der Waals surface area contributed by atoms with E-state index < -0.39 is 10.0 Å². The van der Waals surface area contributed by atoms with Crippen molar-refractivity contribution >= 4 is 37.8 Å². The summed E-state index contributed by atoms with van der Waals surface area (Å²) in [4.78, 5) is 1.03. The molecular weight excluding hydrogens is 328 g/mol. The van der Waals surface area contributed by atoms with E-state index in [1.165, 1.54) is 22.7 Å². The van der Waals surface area contributed by atoms with Crippen molar-refractivity contribution in [2.75, 3.05) is 11.3 Å². The van der Waals surface area contributed by atoms with Crippen LogP contribution in [-0.4, -0.2) is 25.2 Å². The molecule has 6 nitrogen and oxygen atoms in total. The normalized spacial score (nSPS) is 11.8. The van der Waals surface area contributed by atoms with Gasteiger partial charge in [-0.15, -0.1) is 21.5 Å². The van der Waals surface area contributed by atoms with Gasteiger partial charge in [0, 0.05) is 11.4 Å². The lowest BCUT2D eigenvalue weighted by molar-refractivity contribution is 0.603. The van der Waals surface area contributed by atoms with E-state index in [0.717, 1.165) is 28.4 Å². The van der Waals surface area contributed by atoms with Crippen LogP contribution in [0.25, 0.3) is 0 Å². The predicted octanol–water partition coefficient (Wildman–Crippen LogP) is 2.38. The van der Waals surface area contributed by atoms with Crippen LogP contribution in [0, 0.1) is 6.92 Å². The molecular formula is C12H18N4O2S3. The Balaban J connectivity index is 2.19. The van der Waals surface area contributed by atoms with E-state index in [1.807, 2.05) is 20.8 Å². The van der Waals surface area contributed by atoms with Crippen molar-refractivity contribution in [3.63, 3.8) is 0 Å². The third-order valence-electron chi connectivity index (χ3n) is 2.79. The minimum Gasteiger partial charge on any atom is -0.312 e. The largest absolute Gasteiger partial charge is 0.312 e. The molecule has 21 heavy (non-hydrogen) atoms. The quantitative estimate of drug-likeness (QED) is 0.804. The van der Waals surface area contributed by atoms with Crippen LogP contribution in [-0.2, 0) is 23.0 Å². The summed E-state index contributed by atoms with van der Waals surface area (Å²) in [6, 6.07) is 1.70. The fourth-order valence-corrected chi connectivity index (χ4v) is 5.11. The molecule has 116 valence electrons. The van der Waals surface area contributed by atoms with E-state index in [2.05, 4.69) is 20.2 Å². The van der Waals surface area contributed by atoms with Crippen molar-refractivity contribution in [1.82, 2.24) is 15.5 Å². The maximum absolute atomic E-state index is 12.4. The van der Waals surface area contributed by atoms with Gasteiger partial charge in [0.05, 0.1) is 0 Å². The number of nitrogens with one attached hydrogen (secondary N) is 2. The molecule has 2 aromatic rings. The van der Waals surface area contributed by atoms with Gasteiger partial charge in [0.25, 0.3) is 10.0 Å². The molecule has 2 heterocycles. The number of nitrogens with zero attached hydrogens (tertiary/aromatic N) is 2. The summed E-state index contributed by atoms with van der Waals surface area (Å²) in [5.74, 6) is 0. The summed E-state index contributed by atoms with van der Waals surface area (Å²) in [6.07, 6.45) is 0.740. The highest BCUT2D eigenvalue weighted by atomic mass is 32.2. The van der Waals surface area contributed by atoms with Gasteiger partial charge in [-0.1, -0.05) is 25.2 Å². The summed E-state index contributed by atoms with van der Waals surface area (Å²) >= 11 is 2.54. The zero-order valence-corrected chi connectivity index (χ0v) is 14.6. The molecule has 0 saturated carbocycles. The maximum Gasteiger partial charge on any atom is 0.273 e. The molecule has 2 aromatic heterocycles.